The molecule has 2 aromatic rings. The second-order valence-electron chi connectivity index (χ2n) is 5.83. The summed E-state index contributed by atoms with van der Waals surface area (Å²) < 4.78 is 20.9. The molecule has 0 aliphatic heterocycles. The summed E-state index contributed by atoms with van der Waals surface area (Å²) in [5.74, 6) is 0.188. The van der Waals surface area contributed by atoms with Crippen LogP contribution in [0, 0.1) is 0 Å². The fourth-order valence-corrected chi connectivity index (χ4v) is 2.76. The molecule has 1 heterocycles. The lowest BCUT2D eigenvalue weighted by Crippen LogP contribution is -2.29. The van der Waals surface area contributed by atoms with Crippen LogP contribution in [-0.2, 0) is 14.3 Å². The standard InChI is InChI=1S/C20H20Cl2N2O6/c1-11(20(26)24-19-14(22)8-13(21)10-23-19)30-18(25)6-5-12-7-16(28-3)17(29-4)9-15(12)27-2/h5-11H,1-4H3,(H,23,24,26)/b6-5+. The van der Waals surface area contributed by atoms with Crippen molar-refractivity contribution in [3.63, 3.8) is 0 Å². The van der Waals surface area contributed by atoms with Crippen molar-refractivity contribution in [2.45, 2.75) is 13.0 Å². The van der Waals surface area contributed by atoms with Crippen LogP contribution in [0.1, 0.15) is 12.5 Å². The molecular formula is C20H20Cl2N2O6. The van der Waals surface area contributed by atoms with E-state index in [9.17, 15) is 9.59 Å². The summed E-state index contributed by atoms with van der Waals surface area (Å²) in [5.41, 5.74) is 0.557. The summed E-state index contributed by atoms with van der Waals surface area (Å²) in [6.07, 6.45) is 2.88. The summed E-state index contributed by atoms with van der Waals surface area (Å²) >= 11 is 11.7. The zero-order valence-corrected chi connectivity index (χ0v) is 18.2. The molecule has 160 valence electrons. The second kappa shape index (κ2) is 10.7. The van der Waals surface area contributed by atoms with E-state index in [2.05, 4.69) is 10.3 Å². The Morgan fingerprint density at radius 1 is 1.03 bits per heavy atom. The minimum absolute atomic E-state index is 0.111. The minimum atomic E-state index is -1.09. The van der Waals surface area contributed by atoms with Gasteiger partial charge in [0.15, 0.2) is 23.4 Å². The van der Waals surface area contributed by atoms with E-state index in [1.54, 1.807) is 12.1 Å². The zero-order chi connectivity index (χ0) is 22.3. The molecule has 10 heteroatoms. The Morgan fingerprint density at radius 3 is 2.27 bits per heavy atom. The third-order valence-corrected chi connectivity index (χ3v) is 4.34. The van der Waals surface area contributed by atoms with Gasteiger partial charge in [0.05, 0.1) is 31.4 Å². The molecule has 2 rings (SSSR count). The van der Waals surface area contributed by atoms with Crippen LogP contribution >= 0.6 is 23.2 Å². The number of carbonyl (C=O) groups is 2. The van der Waals surface area contributed by atoms with Gasteiger partial charge >= 0.3 is 5.97 Å². The van der Waals surface area contributed by atoms with E-state index in [4.69, 9.17) is 42.1 Å². The van der Waals surface area contributed by atoms with E-state index in [0.29, 0.717) is 27.8 Å². The van der Waals surface area contributed by atoms with Crippen molar-refractivity contribution in [3.05, 3.63) is 46.1 Å². The van der Waals surface area contributed by atoms with Crippen LogP contribution in [0.2, 0.25) is 10.0 Å². The van der Waals surface area contributed by atoms with Gasteiger partial charge in [0, 0.05) is 23.9 Å². The highest BCUT2D eigenvalue weighted by Gasteiger charge is 2.19. The van der Waals surface area contributed by atoms with E-state index in [0.717, 1.165) is 0 Å². The van der Waals surface area contributed by atoms with Gasteiger partial charge in [0.2, 0.25) is 0 Å². The predicted octanol–water partition coefficient (Wildman–Crippen LogP) is 4.00. The number of hydrogen-bond donors (Lipinski definition) is 1. The van der Waals surface area contributed by atoms with Crippen LogP contribution in [0.5, 0.6) is 17.2 Å². The number of aromatic nitrogens is 1. The molecule has 0 fully saturated rings. The third kappa shape index (κ3) is 6.01. The number of halogens is 2. The van der Waals surface area contributed by atoms with Crippen LogP contribution < -0.4 is 19.5 Å². The number of benzene rings is 1. The first-order chi connectivity index (χ1) is 14.3. The molecule has 0 saturated carbocycles. The Kier molecular flexibility index (Phi) is 8.32. The van der Waals surface area contributed by atoms with Crippen LogP contribution in [0.25, 0.3) is 6.08 Å². The van der Waals surface area contributed by atoms with Crippen molar-refractivity contribution in [2.24, 2.45) is 0 Å². The first kappa shape index (κ1) is 23.3. The fourth-order valence-electron chi connectivity index (χ4n) is 2.33. The molecule has 1 atom stereocenters. The number of ether oxygens (including phenoxy) is 4. The molecule has 0 bridgehead atoms. The molecule has 8 nitrogen and oxygen atoms in total. The number of methoxy groups -OCH3 is 3. The zero-order valence-electron chi connectivity index (χ0n) is 16.7. The largest absolute Gasteiger partial charge is 0.496 e. The monoisotopic (exact) mass is 454 g/mol. The molecule has 0 saturated heterocycles. The van der Waals surface area contributed by atoms with Crippen molar-refractivity contribution in [2.75, 3.05) is 26.6 Å². The molecule has 1 aromatic carbocycles. The van der Waals surface area contributed by atoms with Gasteiger partial charge in [-0.05, 0) is 25.1 Å². The molecular weight excluding hydrogens is 435 g/mol. The predicted molar refractivity (Wildman–Crippen MR) is 114 cm³/mol. The lowest BCUT2D eigenvalue weighted by atomic mass is 10.1. The highest BCUT2D eigenvalue weighted by atomic mass is 35.5. The summed E-state index contributed by atoms with van der Waals surface area (Å²) in [5, 5.41) is 2.96. The fraction of sp³-hybridized carbons (Fsp3) is 0.250. The van der Waals surface area contributed by atoms with Crippen molar-refractivity contribution in [3.8, 4) is 17.2 Å². The average Bonchev–Trinajstić information content (AvgIpc) is 2.73. The maximum absolute atomic E-state index is 12.2. The molecule has 0 aliphatic rings. The van der Waals surface area contributed by atoms with Crippen molar-refractivity contribution in [1.29, 1.82) is 0 Å². The average molecular weight is 455 g/mol. The number of anilines is 1. The van der Waals surface area contributed by atoms with Crippen molar-refractivity contribution in [1.82, 2.24) is 4.98 Å². The number of carbonyl (C=O) groups excluding carboxylic acids is 2. The molecule has 1 aromatic heterocycles. The van der Waals surface area contributed by atoms with Gasteiger partial charge in [0.25, 0.3) is 5.91 Å². The van der Waals surface area contributed by atoms with Crippen molar-refractivity contribution >= 4 is 47.0 Å². The molecule has 1 amide bonds. The number of nitrogens with zero attached hydrogens (tertiary/aromatic N) is 1. The Hall–Kier alpha value is -2.97. The van der Waals surface area contributed by atoms with Gasteiger partial charge in [-0.1, -0.05) is 23.2 Å². The summed E-state index contributed by atoms with van der Waals surface area (Å²) in [6.45, 7) is 1.42. The molecule has 0 radical (unpaired) electrons. The number of rotatable bonds is 8. The Balaban J connectivity index is 2.05. The summed E-state index contributed by atoms with van der Waals surface area (Å²) in [4.78, 5) is 28.3. The van der Waals surface area contributed by atoms with Crippen LogP contribution in [0.15, 0.2) is 30.5 Å². The number of pyridine rings is 1. The Bertz CT molecular complexity index is 965. The van der Waals surface area contributed by atoms with E-state index in [1.165, 1.54) is 52.7 Å². The SMILES string of the molecule is COc1cc(OC)c(OC)cc1/C=C/C(=O)OC(C)C(=O)Nc1ncc(Cl)cc1Cl. The first-order valence-electron chi connectivity index (χ1n) is 8.59. The van der Waals surface area contributed by atoms with Gasteiger partial charge in [-0.2, -0.15) is 0 Å². The summed E-state index contributed by atoms with van der Waals surface area (Å²) in [7, 11) is 4.48. The number of nitrogens with one attached hydrogen (secondary N) is 1. The number of esters is 1. The van der Waals surface area contributed by atoms with E-state index < -0.39 is 18.0 Å². The van der Waals surface area contributed by atoms with Gasteiger partial charge in [-0.3, -0.25) is 4.79 Å². The van der Waals surface area contributed by atoms with E-state index in [1.807, 2.05) is 0 Å². The first-order valence-corrected chi connectivity index (χ1v) is 9.35. The maximum atomic E-state index is 12.2. The van der Waals surface area contributed by atoms with Gasteiger partial charge in [-0.15, -0.1) is 0 Å². The quantitative estimate of drug-likeness (QED) is 0.475. The molecule has 30 heavy (non-hydrogen) atoms. The van der Waals surface area contributed by atoms with E-state index in [-0.39, 0.29) is 10.8 Å². The summed E-state index contributed by atoms with van der Waals surface area (Å²) in [6, 6.07) is 4.70. The number of hydrogen-bond acceptors (Lipinski definition) is 7. The van der Waals surface area contributed by atoms with Gasteiger partial charge in [-0.25, -0.2) is 9.78 Å². The van der Waals surface area contributed by atoms with Gasteiger partial charge < -0.3 is 24.3 Å². The second-order valence-corrected chi connectivity index (χ2v) is 6.68. The van der Waals surface area contributed by atoms with E-state index >= 15 is 0 Å². The molecule has 0 spiro atoms. The van der Waals surface area contributed by atoms with Crippen LogP contribution in [-0.4, -0.2) is 44.3 Å². The smallest absolute Gasteiger partial charge is 0.331 e. The van der Waals surface area contributed by atoms with Crippen molar-refractivity contribution < 1.29 is 28.5 Å². The highest BCUT2D eigenvalue weighted by molar-refractivity contribution is 6.36. The normalized spacial score (nSPS) is 11.7. The number of amides is 1. The van der Waals surface area contributed by atoms with Crippen LogP contribution in [0.3, 0.4) is 0 Å². The lowest BCUT2D eigenvalue weighted by molar-refractivity contribution is -0.148. The molecule has 1 unspecified atom stereocenters. The van der Waals surface area contributed by atoms with Crippen LogP contribution in [0.4, 0.5) is 5.82 Å². The Labute approximate surface area is 183 Å². The minimum Gasteiger partial charge on any atom is -0.496 e. The Morgan fingerprint density at radius 2 is 1.67 bits per heavy atom. The topological polar surface area (TPSA) is 96.0 Å². The third-order valence-electron chi connectivity index (χ3n) is 3.85. The van der Waals surface area contributed by atoms with Gasteiger partial charge in [0.1, 0.15) is 5.75 Å². The lowest BCUT2D eigenvalue weighted by Gasteiger charge is -2.13. The molecule has 1 N–H and O–H groups in total. The highest BCUT2D eigenvalue weighted by Crippen LogP contribution is 2.35. The molecule has 0 aliphatic carbocycles. The maximum Gasteiger partial charge on any atom is 0.331 e.